The summed E-state index contributed by atoms with van der Waals surface area (Å²) in [5.41, 5.74) is -1.64. The molecule has 20 heavy (non-hydrogen) atoms. The maximum atomic E-state index is 13.1. The fraction of sp³-hybridized carbons (Fsp3) is 0.667. The Morgan fingerprint density at radius 3 is 2.80 bits per heavy atom. The summed E-state index contributed by atoms with van der Waals surface area (Å²) in [6.07, 6.45) is -4.15. The van der Waals surface area contributed by atoms with Crippen molar-refractivity contribution in [2.45, 2.75) is 19.5 Å². The quantitative estimate of drug-likeness (QED) is 0.777. The van der Waals surface area contributed by atoms with Crippen LogP contribution in [0, 0.1) is 17.8 Å². The van der Waals surface area contributed by atoms with Gasteiger partial charge >= 0.3 is 6.18 Å². The van der Waals surface area contributed by atoms with Gasteiger partial charge in [-0.3, -0.25) is 9.89 Å². The molecule has 2 aliphatic rings. The SMILES string of the molecule is Cc1cc(C(=O)NC[C@@]23CNC[C@]2(C(F)(F)F)C3)n[nH]1. The van der Waals surface area contributed by atoms with Crippen LogP contribution in [0.4, 0.5) is 13.2 Å². The van der Waals surface area contributed by atoms with Crippen molar-refractivity contribution in [1.29, 1.82) is 0 Å². The first-order valence-electron chi connectivity index (χ1n) is 6.37. The fourth-order valence-electron chi connectivity index (χ4n) is 3.20. The number of aromatic nitrogens is 2. The lowest BCUT2D eigenvalue weighted by atomic mass is 9.95. The number of fused-ring (bicyclic) bond motifs is 1. The molecule has 0 unspecified atom stereocenters. The molecule has 0 bridgehead atoms. The molecule has 1 aromatic heterocycles. The number of halogens is 3. The number of carbonyl (C=O) groups excluding carboxylic acids is 1. The third-order valence-electron chi connectivity index (χ3n) is 4.49. The van der Waals surface area contributed by atoms with Crippen molar-refractivity contribution >= 4 is 5.91 Å². The van der Waals surface area contributed by atoms with Crippen LogP contribution in [0.5, 0.6) is 0 Å². The first-order valence-corrected chi connectivity index (χ1v) is 6.37. The summed E-state index contributed by atoms with van der Waals surface area (Å²) in [5.74, 6) is -0.446. The van der Waals surface area contributed by atoms with Gasteiger partial charge < -0.3 is 10.6 Å². The Balaban J connectivity index is 1.67. The van der Waals surface area contributed by atoms with Gasteiger partial charge in [-0.05, 0) is 19.4 Å². The van der Waals surface area contributed by atoms with E-state index >= 15 is 0 Å². The minimum absolute atomic E-state index is 0.0181. The molecule has 2 fully saturated rings. The Morgan fingerprint density at radius 1 is 1.50 bits per heavy atom. The van der Waals surface area contributed by atoms with Gasteiger partial charge in [0.1, 0.15) is 5.69 Å². The Morgan fingerprint density at radius 2 is 2.25 bits per heavy atom. The highest BCUT2D eigenvalue weighted by Gasteiger charge is 2.81. The Hall–Kier alpha value is -1.57. The fourth-order valence-corrected chi connectivity index (χ4v) is 3.20. The van der Waals surface area contributed by atoms with Gasteiger partial charge in [0.15, 0.2) is 0 Å². The van der Waals surface area contributed by atoms with Gasteiger partial charge in [0.2, 0.25) is 0 Å². The number of aryl methyl sites for hydroxylation is 1. The van der Waals surface area contributed by atoms with Crippen molar-refractivity contribution in [3.63, 3.8) is 0 Å². The van der Waals surface area contributed by atoms with Crippen molar-refractivity contribution in [1.82, 2.24) is 20.8 Å². The molecule has 1 saturated carbocycles. The van der Waals surface area contributed by atoms with Gasteiger partial charge in [-0.15, -0.1) is 0 Å². The number of amides is 1. The lowest BCUT2D eigenvalue weighted by Crippen LogP contribution is -2.37. The number of hydrogen-bond acceptors (Lipinski definition) is 3. The molecule has 2 heterocycles. The number of nitrogens with zero attached hydrogens (tertiary/aromatic N) is 1. The van der Waals surface area contributed by atoms with Crippen molar-refractivity contribution in [2.75, 3.05) is 19.6 Å². The van der Waals surface area contributed by atoms with E-state index in [2.05, 4.69) is 20.8 Å². The van der Waals surface area contributed by atoms with E-state index in [0.29, 0.717) is 0 Å². The van der Waals surface area contributed by atoms with Crippen LogP contribution in [0.15, 0.2) is 6.07 Å². The highest BCUT2D eigenvalue weighted by atomic mass is 19.4. The van der Waals surface area contributed by atoms with Gasteiger partial charge in [0.05, 0.1) is 5.41 Å². The number of nitrogens with one attached hydrogen (secondary N) is 3. The molecular formula is C12H15F3N4O. The standard InChI is InChI=1S/C12H15F3N4O/c1-7-2-8(19-18-7)9(20)17-5-10-3-11(10,6-16-4-10)12(13,14)15/h2,16H,3-6H2,1H3,(H,17,20)(H,18,19)/t10-,11-/m1/s1. The normalized spacial score (nSPS) is 32.0. The molecule has 8 heteroatoms. The zero-order chi connectivity index (χ0) is 14.6. The lowest BCUT2D eigenvalue weighted by Gasteiger charge is -2.20. The van der Waals surface area contributed by atoms with E-state index < -0.39 is 22.9 Å². The maximum Gasteiger partial charge on any atom is 0.396 e. The van der Waals surface area contributed by atoms with E-state index in [4.69, 9.17) is 0 Å². The van der Waals surface area contributed by atoms with Gasteiger partial charge in [-0.25, -0.2) is 0 Å². The molecule has 1 aliphatic carbocycles. The van der Waals surface area contributed by atoms with Crippen molar-refractivity contribution in [3.05, 3.63) is 17.5 Å². The summed E-state index contributed by atoms with van der Waals surface area (Å²) in [4.78, 5) is 11.8. The zero-order valence-corrected chi connectivity index (χ0v) is 10.9. The average Bonchev–Trinajstić information content (AvgIpc) is 2.71. The van der Waals surface area contributed by atoms with Gasteiger partial charge in [0.25, 0.3) is 5.91 Å². The van der Waals surface area contributed by atoms with Gasteiger partial charge in [-0.1, -0.05) is 0 Å². The van der Waals surface area contributed by atoms with Gasteiger partial charge in [0, 0.05) is 30.7 Å². The molecule has 1 amide bonds. The number of rotatable bonds is 3. The number of hydrogen-bond donors (Lipinski definition) is 3. The third kappa shape index (κ3) is 1.74. The van der Waals surface area contributed by atoms with Crippen LogP contribution >= 0.6 is 0 Å². The first-order chi connectivity index (χ1) is 9.30. The Kier molecular flexibility index (Phi) is 2.66. The topological polar surface area (TPSA) is 69.8 Å². The molecule has 0 aromatic carbocycles. The van der Waals surface area contributed by atoms with E-state index in [1.165, 1.54) is 0 Å². The van der Waals surface area contributed by atoms with Crippen LogP contribution in [-0.2, 0) is 0 Å². The number of piperidine rings is 1. The van der Waals surface area contributed by atoms with Crippen LogP contribution in [0.2, 0.25) is 0 Å². The van der Waals surface area contributed by atoms with E-state index in [1.54, 1.807) is 13.0 Å². The van der Waals surface area contributed by atoms with Gasteiger partial charge in [-0.2, -0.15) is 18.3 Å². The smallest absolute Gasteiger partial charge is 0.350 e. The zero-order valence-electron chi connectivity index (χ0n) is 10.9. The summed E-state index contributed by atoms with van der Waals surface area (Å²) in [5, 5.41) is 11.8. The Bertz CT molecular complexity index is 555. The summed E-state index contributed by atoms with van der Waals surface area (Å²) >= 11 is 0. The molecule has 3 N–H and O–H groups in total. The molecule has 5 nitrogen and oxygen atoms in total. The largest absolute Gasteiger partial charge is 0.396 e. The number of H-pyrrole nitrogens is 1. The summed E-state index contributed by atoms with van der Waals surface area (Å²) in [6.45, 7) is 1.99. The van der Waals surface area contributed by atoms with Crippen LogP contribution in [0.3, 0.4) is 0 Å². The summed E-state index contributed by atoms with van der Waals surface area (Å²) < 4.78 is 39.3. The minimum atomic E-state index is -4.23. The molecule has 1 aromatic rings. The number of carbonyl (C=O) groups is 1. The van der Waals surface area contributed by atoms with Crippen LogP contribution < -0.4 is 10.6 Å². The van der Waals surface area contributed by atoms with Crippen LogP contribution in [-0.4, -0.2) is 41.9 Å². The molecular weight excluding hydrogens is 273 g/mol. The molecule has 3 rings (SSSR count). The van der Waals surface area contributed by atoms with E-state index in [-0.39, 0.29) is 31.7 Å². The van der Waals surface area contributed by atoms with E-state index in [1.807, 2.05) is 0 Å². The molecule has 0 radical (unpaired) electrons. The van der Waals surface area contributed by atoms with Crippen molar-refractivity contribution in [2.24, 2.45) is 10.8 Å². The second kappa shape index (κ2) is 3.97. The second-order valence-corrected chi connectivity index (χ2v) is 5.76. The molecule has 0 spiro atoms. The Labute approximate surface area is 113 Å². The molecule has 110 valence electrons. The number of alkyl halides is 3. The third-order valence-corrected chi connectivity index (χ3v) is 4.49. The molecule has 2 atom stereocenters. The maximum absolute atomic E-state index is 13.1. The van der Waals surface area contributed by atoms with E-state index in [9.17, 15) is 18.0 Å². The van der Waals surface area contributed by atoms with Crippen molar-refractivity contribution < 1.29 is 18.0 Å². The van der Waals surface area contributed by atoms with Crippen molar-refractivity contribution in [3.8, 4) is 0 Å². The highest BCUT2D eigenvalue weighted by Crippen LogP contribution is 2.72. The average molecular weight is 288 g/mol. The predicted octanol–water partition coefficient (Wildman–Crippen LogP) is 0.990. The van der Waals surface area contributed by atoms with Crippen LogP contribution in [0.1, 0.15) is 22.6 Å². The summed E-state index contributed by atoms with van der Waals surface area (Å²) in [6, 6.07) is 1.56. The predicted molar refractivity (Wildman–Crippen MR) is 64.1 cm³/mol. The van der Waals surface area contributed by atoms with Crippen LogP contribution in [0.25, 0.3) is 0 Å². The lowest BCUT2D eigenvalue weighted by molar-refractivity contribution is -0.190. The minimum Gasteiger partial charge on any atom is -0.350 e. The summed E-state index contributed by atoms with van der Waals surface area (Å²) in [7, 11) is 0. The first kappa shape index (κ1) is 13.4. The highest BCUT2D eigenvalue weighted by molar-refractivity contribution is 5.92. The number of aromatic amines is 1. The monoisotopic (exact) mass is 288 g/mol. The molecule has 1 saturated heterocycles. The molecule has 1 aliphatic heterocycles. The second-order valence-electron chi connectivity index (χ2n) is 5.76. The van der Waals surface area contributed by atoms with E-state index in [0.717, 1.165) is 5.69 Å².